The monoisotopic (exact) mass is 495 g/mol. The number of halogens is 3. The fourth-order valence-corrected chi connectivity index (χ4v) is 3.94. The smallest absolute Gasteiger partial charge is 0.258 e. The first-order valence-corrected chi connectivity index (χ1v) is 11.0. The molecule has 0 heterocycles. The van der Waals surface area contributed by atoms with E-state index >= 15 is 0 Å². The normalized spacial score (nSPS) is 19.2. The molecule has 1 aliphatic carbocycles. The van der Waals surface area contributed by atoms with Gasteiger partial charge < -0.3 is 20.3 Å². The summed E-state index contributed by atoms with van der Waals surface area (Å²) < 4.78 is 18.7. The van der Waals surface area contributed by atoms with Crippen molar-refractivity contribution in [3.63, 3.8) is 0 Å². The molecular weight excluding hydrogens is 472 g/mol. The maximum atomic E-state index is 13.4. The SMILES string of the molecule is CN(CC(=O)NC1(C)CC(NC(=O)COc2ccc(Cl)c(F)c2)C1)C(=O)c1ccc(Cl)cc1. The van der Waals surface area contributed by atoms with Gasteiger partial charge in [-0.3, -0.25) is 14.4 Å². The van der Waals surface area contributed by atoms with E-state index in [1.807, 2.05) is 6.92 Å². The molecule has 0 saturated heterocycles. The molecule has 1 aliphatic rings. The number of hydrogen-bond acceptors (Lipinski definition) is 4. The molecule has 10 heteroatoms. The Kier molecular flexibility index (Phi) is 7.81. The Labute approximate surface area is 201 Å². The first-order valence-electron chi connectivity index (χ1n) is 10.2. The van der Waals surface area contributed by atoms with Crippen molar-refractivity contribution in [1.82, 2.24) is 15.5 Å². The molecule has 3 rings (SSSR count). The molecule has 3 amide bonds. The van der Waals surface area contributed by atoms with Gasteiger partial charge in [-0.15, -0.1) is 0 Å². The summed E-state index contributed by atoms with van der Waals surface area (Å²) in [7, 11) is 1.55. The number of benzene rings is 2. The van der Waals surface area contributed by atoms with Crippen LogP contribution in [0.25, 0.3) is 0 Å². The van der Waals surface area contributed by atoms with Crippen LogP contribution in [0.5, 0.6) is 5.75 Å². The second-order valence-corrected chi connectivity index (χ2v) is 9.16. The van der Waals surface area contributed by atoms with Crippen molar-refractivity contribution in [2.75, 3.05) is 20.2 Å². The Morgan fingerprint density at radius 3 is 2.42 bits per heavy atom. The fourth-order valence-electron chi connectivity index (χ4n) is 3.69. The molecule has 0 spiro atoms. The number of hydrogen-bond donors (Lipinski definition) is 2. The predicted octanol–water partition coefficient (Wildman–Crippen LogP) is 3.44. The number of likely N-dealkylation sites (N-methyl/N-ethyl adjacent to an activating group) is 1. The predicted molar refractivity (Wildman–Crippen MR) is 123 cm³/mol. The summed E-state index contributed by atoms with van der Waals surface area (Å²) in [5.41, 5.74) is -0.0461. The highest BCUT2D eigenvalue weighted by molar-refractivity contribution is 6.31. The van der Waals surface area contributed by atoms with Crippen LogP contribution in [0, 0.1) is 5.82 Å². The highest BCUT2D eigenvalue weighted by atomic mass is 35.5. The number of rotatable bonds is 8. The van der Waals surface area contributed by atoms with Gasteiger partial charge in [0.15, 0.2) is 6.61 Å². The molecule has 0 aromatic heterocycles. The van der Waals surface area contributed by atoms with Gasteiger partial charge in [0.2, 0.25) is 5.91 Å². The summed E-state index contributed by atoms with van der Waals surface area (Å²) in [5, 5.41) is 6.24. The third-order valence-corrected chi connectivity index (χ3v) is 5.84. The number of nitrogens with zero attached hydrogens (tertiary/aromatic N) is 1. The van der Waals surface area contributed by atoms with Crippen LogP contribution in [-0.4, -0.2) is 54.4 Å². The molecule has 0 aliphatic heterocycles. The van der Waals surface area contributed by atoms with E-state index in [1.54, 1.807) is 31.3 Å². The van der Waals surface area contributed by atoms with Crippen molar-refractivity contribution >= 4 is 40.9 Å². The highest BCUT2D eigenvalue weighted by Gasteiger charge is 2.42. The van der Waals surface area contributed by atoms with E-state index in [2.05, 4.69) is 10.6 Å². The first-order chi connectivity index (χ1) is 15.5. The summed E-state index contributed by atoms with van der Waals surface area (Å²) in [4.78, 5) is 38.3. The maximum Gasteiger partial charge on any atom is 0.258 e. The maximum absolute atomic E-state index is 13.4. The van der Waals surface area contributed by atoms with Crippen molar-refractivity contribution in [3.05, 3.63) is 63.9 Å². The summed E-state index contributed by atoms with van der Waals surface area (Å²) in [5.74, 6) is -1.35. The van der Waals surface area contributed by atoms with Crippen LogP contribution in [0.1, 0.15) is 30.1 Å². The van der Waals surface area contributed by atoms with Crippen molar-refractivity contribution < 1.29 is 23.5 Å². The number of ether oxygens (including phenoxy) is 1. The van der Waals surface area contributed by atoms with E-state index in [0.29, 0.717) is 23.4 Å². The molecule has 176 valence electrons. The van der Waals surface area contributed by atoms with E-state index in [0.717, 1.165) is 6.07 Å². The second kappa shape index (κ2) is 10.4. The number of amides is 3. The van der Waals surface area contributed by atoms with Gasteiger partial charge >= 0.3 is 0 Å². The molecular formula is C23H24Cl2FN3O4. The van der Waals surface area contributed by atoms with Gasteiger partial charge in [0.1, 0.15) is 11.6 Å². The lowest BCUT2D eigenvalue weighted by Crippen LogP contribution is -2.63. The lowest BCUT2D eigenvalue weighted by Gasteiger charge is -2.46. The van der Waals surface area contributed by atoms with Crippen LogP contribution < -0.4 is 15.4 Å². The van der Waals surface area contributed by atoms with Crippen LogP contribution in [0.2, 0.25) is 10.0 Å². The largest absolute Gasteiger partial charge is 0.484 e. The number of carbonyl (C=O) groups is 3. The molecule has 7 nitrogen and oxygen atoms in total. The summed E-state index contributed by atoms with van der Waals surface area (Å²) in [6.07, 6.45) is 1.07. The van der Waals surface area contributed by atoms with Gasteiger partial charge in [0.05, 0.1) is 11.6 Å². The van der Waals surface area contributed by atoms with Crippen LogP contribution in [-0.2, 0) is 9.59 Å². The number of nitrogens with one attached hydrogen (secondary N) is 2. The average Bonchev–Trinajstić information content (AvgIpc) is 2.73. The third kappa shape index (κ3) is 6.82. The molecule has 0 atom stereocenters. The zero-order valence-corrected chi connectivity index (χ0v) is 19.7. The zero-order chi connectivity index (χ0) is 24.2. The molecule has 2 N–H and O–H groups in total. The van der Waals surface area contributed by atoms with Crippen molar-refractivity contribution in [2.45, 2.75) is 31.3 Å². The van der Waals surface area contributed by atoms with Crippen LogP contribution in [0.15, 0.2) is 42.5 Å². The van der Waals surface area contributed by atoms with Crippen LogP contribution >= 0.6 is 23.2 Å². The van der Waals surface area contributed by atoms with Gasteiger partial charge in [-0.2, -0.15) is 0 Å². The highest BCUT2D eigenvalue weighted by Crippen LogP contribution is 2.31. The zero-order valence-electron chi connectivity index (χ0n) is 18.2. The minimum absolute atomic E-state index is 0.0249. The van der Waals surface area contributed by atoms with E-state index in [1.165, 1.54) is 17.0 Å². The molecule has 1 fully saturated rings. The standard InChI is InChI=1S/C23H24Cl2FN3O4/c1-23(28-20(30)12-29(2)22(32)14-3-5-15(24)6-4-14)10-16(11-23)27-21(31)13-33-17-7-8-18(25)19(26)9-17/h3-9,16H,10-13H2,1-2H3,(H,27,31)(H,28,30). The Morgan fingerprint density at radius 1 is 1.12 bits per heavy atom. The minimum atomic E-state index is -0.624. The Hall–Kier alpha value is -2.84. The molecule has 0 radical (unpaired) electrons. The quantitative estimate of drug-likeness (QED) is 0.587. The Balaban J connectivity index is 1.39. The lowest BCUT2D eigenvalue weighted by molar-refractivity contribution is -0.126. The van der Waals surface area contributed by atoms with Crippen molar-refractivity contribution in [1.29, 1.82) is 0 Å². The van der Waals surface area contributed by atoms with Crippen molar-refractivity contribution in [3.8, 4) is 5.75 Å². The molecule has 2 aromatic rings. The second-order valence-electron chi connectivity index (χ2n) is 8.31. The van der Waals surface area contributed by atoms with Gasteiger partial charge in [-0.25, -0.2) is 4.39 Å². The van der Waals surface area contributed by atoms with Gasteiger partial charge in [0, 0.05) is 35.3 Å². The molecule has 0 unspecified atom stereocenters. The molecule has 33 heavy (non-hydrogen) atoms. The van der Waals surface area contributed by atoms with Gasteiger partial charge in [-0.1, -0.05) is 23.2 Å². The summed E-state index contributed by atoms with van der Waals surface area (Å²) in [6.45, 7) is 1.51. The topological polar surface area (TPSA) is 87.7 Å². The average molecular weight is 496 g/mol. The Morgan fingerprint density at radius 2 is 1.79 bits per heavy atom. The lowest BCUT2D eigenvalue weighted by atomic mass is 9.74. The van der Waals surface area contributed by atoms with Crippen LogP contribution in [0.4, 0.5) is 4.39 Å². The first kappa shape index (κ1) is 24.8. The summed E-state index contributed by atoms with van der Waals surface area (Å²) in [6, 6.07) is 10.3. The van der Waals surface area contributed by atoms with Crippen molar-refractivity contribution in [2.24, 2.45) is 0 Å². The third-order valence-electron chi connectivity index (χ3n) is 5.28. The minimum Gasteiger partial charge on any atom is -0.484 e. The van der Waals surface area contributed by atoms with E-state index in [4.69, 9.17) is 27.9 Å². The Bertz CT molecular complexity index is 1040. The summed E-state index contributed by atoms with van der Waals surface area (Å²) >= 11 is 11.4. The van der Waals surface area contributed by atoms with E-state index in [9.17, 15) is 18.8 Å². The number of carbonyl (C=O) groups excluding carboxylic acids is 3. The molecule has 2 aromatic carbocycles. The van der Waals surface area contributed by atoms with Gasteiger partial charge in [0.25, 0.3) is 11.8 Å². The molecule has 1 saturated carbocycles. The molecule has 0 bridgehead atoms. The van der Waals surface area contributed by atoms with E-state index in [-0.39, 0.29) is 47.7 Å². The van der Waals surface area contributed by atoms with Crippen LogP contribution in [0.3, 0.4) is 0 Å². The fraction of sp³-hybridized carbons (Fsp3) is 0.348. The van der Waals surface area contributed by atoms with E-state index < -0.39 is 11.4 Å². The van der Waals surface area contributed by atoms with Gasteiger partial charge in [-0.05, 0) is 56.2 Å².